The van der Waals surface area contributed by atoms with Gasteiger partial charge in [-0.15, -0.1) is 47.9 Å². The number of fused-ring (bicyclic) bond motifs is 3. The molecule has 0 saturated carbocycles. The third-order valence-electron chi connectivity index (χ3n) is 7.93. The zero-order valence-electron chi connectivity index (χ0n) is 28.1. The van der Waals surface area contributed by atoms with Gasteiger partial charge >= 0.3 is 120 Å². The standard InChI is InChI=1S/C23H29.C13H8Cl2.C5H5.2ClH.Hf/c1-14-9-16-11-17-10-15(2)21(23(6,7)8)13-19(17)18(16)12-20(14)22(3,4)5;14-12-5-1-10(2-6-12)9-11-3-7-13(15)8-4-11;1-2-4-5-3-1;;;/h9,12-13H,11H2,1-8H3;1-8H;1-3H,4H2;2*1H;/q-1;;-1;;;+2. The molecule has 0 bridgehead atoms. The molecular weight excluding hydrogens is 813 g/mol. The third kappa shape index (κ3) is 10.4. The van der Waals surface area contributed by atoms with Gasteiger partial charge in [-0.3, -0.25) is 6.08 Å². The molecule has 0 aliphatic heterocycles. The summed E-state index contributed by atoms with van der Waals surface area (Å²) in [6.45, 7) is 18.2. The normalized spacial score (nSPS) is 12.4. The van der Waals surface area contributed by atoms with Gasteiger partial charge in [0.25, 0.3) is 0 Å². The van der Waals surface area contributed by atoms with E-state index in [9.17, 15) is 0 Å². The van der Waals surface area contributed by atoms with Crippen molar-refractivity contribution in [1.29, 1.82) is 0 Å². The van der Waals surface area contributed by atoms with Crippen LogP contribution in [0.1, 0.15) is 92.5 Å². The molecule has 0 aromatic heterocycles. The molecule has 6 rings (SSSR count). The predicted molar refractivity (Wildman–Crippen MR) is 203 cm³/mol. The number of benzene rings is 4. The van der Waals surface area contributed by atoms with Crippen molar-refractivity contribution in [2.24, 2.45) is 0 Å². The Morgan fingerprint density at radius 3 is 1.63 bits per heavy atom. The van der Waals surface area contributed by atoms with Gasteiger partial charge in [-0.1, -0.05) is 71.6 Å². The molecule has 2 aliphatic carbocycles. The average Bonchev–Trinajstić information content (AvgIpc) is 3.63. The monoisotopic (exact) mass is 856 g/mol. The minimum absolute atomic E-state index is 0. The van der Waals surface area contributed by atoms with Crippen molar-refractivity contribution in [3.05, 3.63) is 152 Å². The van der Waals surface area contributed by atoms with E-state index in [4.69, 9.17) is 23.2 Å². The van der Waals surface area contributed by atoms with Crippen LogP contribution in [0.15, 0.2) is 85.0 Å². The van der Waals surface area contributed by atoms with Crippen LogP contribution in [0.4, 0.5) is 0 Å². The first-order valence-electron chi connectivity index (χ1n) is 15.2. The summed E-state index contributed by atoms with van der Waals surface area (Å²) in [5.41, 5.74) is 14.1. The molecule has 5 heteroatoms. The number of hydrogen-bond donors (Lipinski definition) is 0. The van der Waals surface area contributed by atoms with Crippen LogP contribution in [0.25, 0.3) is 11.1 Å². The van der Waals surface area contributed by atoms with Gasteiger partial charge in [-0.25, -0.2) is 12.2 Å². The Bertz CT molecular complexity index is 1570. The van der Waals surface area contributed by atoms with E-state index in [1.54, 1.807) is 0 Å². The van der Waals surface area contributed by atoms with Crippen LogP contribution in [0.2, 0.25) is 10.0 Å². The van der Waals surface area contributed by atoms with Gasteiger partial charge < -0.3 is 0 Å². The molecule has 0 heterocycles. The first-order chi connectivity index (χ1) is 20.6. The molecule has 0 fully saturated rings. The third-order valence-corrected chi connectivity index (χ3v) is 10.5. The van der Waals surface area contributed by atoms with Crippen molar-refractivity contribution in [2.75, 3.05) is 0 Å². The van der Waals surface area contributed by atoms with Crippen molar-refractivity contribution in [3.8, 4) is 11.1 Å². The SMILES string of the molecule is Cc1[c-]c2c(cc1C(C)(C)C)-c1cc(C(C)(C)C)c(C)cc1C2.Cl.Cl.Clc1ccc([C](=[Hf+2])c2ccc(Cl)cc2)cc1.[C-]1=CC=CC1. The van der Waals surface area contributed by atoms with Gasteiger partial charge in [-0.05, 0) is 35.4 Å². The smallest absolute Gasteiger partial charge is 0.109 e. The van der Waals surface area contributed by atoms with Gasteiger partial charge in [0.2, 0.25) is 0 Å². The Hall–Kier alpha value is -1.74. The van der Waals surface area contributed by atoms with Crippen molar-refractivity contribution < 1.29 is 23.9 Å². The van der Waals surface area contributed by atoms with E-state index in [0.29, 0.717) is 0 Å². The maximum atomic E-state index is 5.87. The van der Waals surface area contributed by atoms with E-state index in [0.717, 1.165) is 46.8 Å². The number of halogens is 4. The van der Waals surface area contributed by atoms with Crippen LogP contribution in [-0.2, 0) is 41.1 Å². The van der Waals surface area contributed by atoms with E-state index >= 15 is 0 Å². The molecule has 0 radical (unpaired) electrons. The molecule has 4 aromatic carbocycles. The van der Waals surface area contributed by atoms with E-state index in [1.807, 2.05) is 36.4 Å². The van der Waals surface area contributed by atoms with Crippen LogP contribution in [0.3, 0.4) is 0 Å². The second-order valence-electron chi connectivity index (χ2n) is 13.6. The van der Waals surface area contributed by atoms with Gasteiger partial charge in [0.1, 0.15) is 0 Å². The summed E-state index contributed by atoms with van der Waals surface area (Å²) in [6.07, 6.45) is 11.0. The molecular formula is C41H44Cl4Hf. The van der Waals surface area contributed by atoms with E-state index in [2.05, 4.69) is 116 Å². The average molecular weight is 857 g/mol. The molecule has 0 atom stereocenters. The first-order valence-corrected chi connectivity index (χ1v) is 17.7. The van der Waals surface area contributed by atoms with Gasteiger partial charge in [0, 0.05) is 0 Å². The Morgan fingerprint density at radius 1 is 0.717 bits per heavy atom. The maximum Gasteiger partial charge on any atom is -0.109 e. The minimum atomic E-state index is 0. The fourth-order valence-electron chi connectivity index (χ4n) is 5.76. The molecule has 0 spiro atoms. The number of hydrogen-bond acceptors (Lipinski definition) is 0. The second-order valence-corrected chi connectivity index (χ2v) is 16.3. The van der Waals surface area contributed by atoms with Crippen molar-refractivity contribution in [1.82, 2.24) is 0 Å². The molecule has 0 N–H and O–H groups in total. The van der Waals surface area contributed by atoms with Crippen molar-refractivity contribution in [2.45, 2.75) is 79.1 Å². The molecule has 0 nitrogen and oxygen atoms in total. The number of aryl methyl sites for hydroxylation is 2. The van der Waals surface area contributed by atoms with Crippen LogP contribution in [0.5, 0.6) is 0 Å². The number of rotatable bonds is 2. The van der Waals surface area contributed by atoms with Crippen molar-refractivity contribution >= 4 is 51.3 Å². The Balaban J connectivity index is 0.000000278. The van der Waals surface area contributed by atoms with Crippen LogP contribution < -0.4 is 0 Å². The molecule has 2 aliphatic rings. The fraction of sp³-hybridized carbons (Fsp3) is 0.293. The van der Waals surface area contributed by atoms with Gasteiger partial charge in [-0.2, -0.15) is 23.8 Å². The largest absolute Gasteiger partial charge is 0.273 e. The molecule has 0 unspecified atom stereocenters. The quantitative estimate of drug-likeness (QED) is 0.123. The molecule has 240 valence electrons. The Kier molecular flexibility index (Phi) is 15.0. The summed E-state index contributed by atoms with van der Waals surface area (Å²) in [4.78, 5) is 0. The zero-order valence-corrected chi connectivity index (χ0v) is 34.8. The Labute approximate surface area is 314 Å². The molecule has 46 heavy (non-hydrogen) atoms. The topological polar surface area (TPSA) is 0 Å². The van der Waals surface area contributed by atoms with E-state index < -0.39 is 0 Å². The number of allylic oxidation sites excluding steroid dienone is 4. The summed E-state index contributed by atoms with van der Waals surface area (Å²) in [5.74, 6) is 0. The molecule has 4 aromatic rings. The first kappa shape index (κ1) is 40.4. The summed E-state index contributed by atoms with van der Waals surface area (Å²) in [7, 11) is 0. The summed E-state index contributed by atoms with van der Waals surface area (Å²) in [6, 6.07) is 26.9. The van der Waals surface area contributed by atoms with Crippen LogP contribution in [0, 0.1) is 26.0 Å². The van der Waals surface area contributed by atoms with E-state index in [-0.39, 0.29) is 35.6 Å². The molecule has 0 amide bonds. The van der Waals surface area contributed by atoms with E-state index in [1.165, 1.54) is 58.9 Å². The van der Waals surface area contributed by atoms with Gasteiger partial charge in [0.15, 0.2) is 0 Å². The summed E-state index contributed by atoms with van der Waals surface area (Å²) >= 11 is 12.7. The summed E-state index contributed by atoms with van der Waals surface area (Å²) < 4.78 is 1.35. The van der Waals surface area contributed by atoms with Crippen LogP contribution in [-0.4, -0.2) is 3.26 Å². The second kappa shape index (κ2) is 17.1. The Morgan fingerprint density at radius 2 is 1.22 bits per heavy atom. The minimum Gasteiger partial charge on any atom is -0.273 e. The zero-order chi connectivity index (χ0) is 32.2. The molecule has 0 saturated heterocycles. The van der Waals surface area contributed by atoms with Crippen LogP contribution >= 0.6 is 48.0 Å². The predicted octanol–water partition coefficient (Wildman–Crippen LogP) is 12.5. The maximum absolute atomic E-state index is 5.87. The fourth-order valence-corrected chi connectivity index (χ4v) is 7.21. The van der Waals surface area contributed by atoms with Crippen molar-refractivity contribution in [3.63, 3.8) is 0 Å². The summed E-state index contributed by atoms with van der Waals surface area (Å²) in [5, 5.41) is 1.55. The van der Waals surface area contributed by atoms with Gasteiger partial charge in [0.05, 0.1) is 0 Å².